The normalized spacial score (nSPS) is 14.3. The zero-order valence-corrected chi connectivity index (χ0v) is 16.7. The zero-order chi connectivity index (χ0) is 20.7. The van der Waals surface area contributed by atoms with E-state index in [-0.39, 0.29) is 29.8 Å². The Morgan fingerprint density at radius 2 is 1.48 bits per heavy atom. The first-order valence-corrected chi connectivity index (χ1v) is 10.9. The van der Waals surface area contributed by atoms with Crippen molar-refractivity contribution in [2.24, 2.45) is 0 Å². The minimum atomic E-state index is -3.47. The number of anilines is 2. The molecule has 9 heteroatoms. The Bertz CT molecular complexity index is 940. The second-order valence-electron chi connectivity index (χ2n) is 6.68. The lowest BCUT2D eigenvalue weighted by Gasteiger charge is -2.15. The third kappa shape index (κ3) is 5.78. The van der Waals surface area contributed by atoms with Crippen LogP contribution >= 0.6 is 0 Å². The number of sulfonamides is 1. The summed E-state index contributed by atoms with van der Waals surface area (Å²) in [6.45, 7) is 1.27. The first-order chi connectivity index (χ1) is 13.9. The average molecular weight is 417 g/mol. The molecule has 1 heterocycles. The van der Waals surface area contributed by atoms with Gasteiger partial charge in [-0.15, -0.1) is 0 Å². The molecular formula is C20H24N4O4S. The predicted molar refractivity (Wildman–Crippen MR) is 111 cm³/mol. The highest BCUT2D eigenvalue weighted by Gasteiger charge is 2.26. The second-order valence-corrected chi connectivity index (χ2v) is 8.62. The molecule has 0 spiro atoms. The fourth-order valence-electron chi connectivity index (χ4n) is 3.00. The van der Waals surface area contributed by atoms with E-state index < -0.39 is 10.0 Å². The van der Waals surface area contributed by atoms with Gasteiger partial charge in [-0.25, -0.2) is 13.2 Å². The minimum absolute atomic E-state index is 0.0933. The van der Waals surface area contributed by atoms with E-state index in [0.717, 1.165) is 12.8 Å². The summed E-state index contributed by atoms with van der Waals surface area (Å²) in [7, 11) is -3.47. The van der Waals surface area contributed by atoms with Gasteiger partial charge in [0.05, 0.1) is 4.90 Å². The van der Waals surface area contributed by atoms with Crippen LogP contribution in [0.4, 0.5) is 16.2 Å². The summed E-state index contributed by atoms with van der Waals surface area (Å²) >= 11 is 0. The van der Waals surface area contributed by atoms with Crippen molar-refractivity contribution >= 4 is 33.3 Å². The van der Waals surface area contributed by atoms with Crippen LogP contribution in [0.25, 0.3) is 0 Å². The fraction of sp³-hybridized carbons (Fsp3) is 0.300. The molecule has 154 valence electrons. The lowest BCUT2D eigenvalue weighted by Crippen LogP contribution is -2.31. The fourth-order valence-corrected chi connectivity index (χ4v) is 4.51. The van der Waals surface area contributed by atoms with Crippen molar-refractivity contribution < 1.29 is 18.0 Å². The summed E-state index contributed by atoms with van der Waals surface area (Å²) in [5.74, 6) is -0.278. The second kappa shape index (κ2) is 9.53. The van der Waals surface area contributed by atoms with Gasteiger partial charge >= 0.3 is 6.03 Å². The van der Waals surface area contributed by atoms with E-state index in [1.807, 2.05) is 18.2 Å². The number of hydrogen-bond acceptors (Lipinski definition) is 4. The van der Waals surface area contributed by atoms with Gasteiger partial charge in [-0.05, 0) is 49.2 Å². The monoisotopic (exact) mass is 416 g/mol. The molecule has 0 bridgehead atoms. The van der Waals surface area contributed by atoms with Crippen LogP contribution < -0.4 is 16.0 Å². The van der Waals surface area contributed by atoms with Gasteiger partial charge in [0.2, 0.25) is 15.9 Å². The van der Waals surface area contributed by atoms with Gasteiger partial charge in [0.1, 0.15) is 0 Å². The molecule has 1 aliphatic heterocycles. The Hall–Kier alpha value is -2.91. The van der Waals surface area contributed by atoms with Crippen molar-refractivity contribution in [3.8, 4) is 0 Å². The maximum Gasteiger partial charge on any atom is 0.319 e. The highest BCUT2D eigenvalue weighted by Crippen LogP contribution is 2.22. The molecule has 2 aromatic rings. The van der Waals surface area contributed by atoms with E-state index in [9.17, 15) is 18.0 Å². The number of benzene rings is 2. The summed E-state index contributed by atoms with van der Waals surface area (Å²) in [6, 6.07) is 14.7. The van der Waals surface area contributed by atoms with Gasteiger partial charge in [0.25, 0.3) is 0 Å². The molecule has 3 amide bonds. The number of nitrogens with one attached hydrogen (secondary N) is 3. The van der Waals surface area contributed by atoms with Crippen molar-refractivity contribution in [3.05, 3.63) is 54.6 Å². The SMILES string of the molecule is O=C(CCNC(=O)Nc1ccccc1)Nc1ccc(S(=O)(=O)N2CCCC2)cc1. The molecule has 29 heavy (non-hydrogen) atoms. The first-order valence-electron chi connectivity index (χ1n) is 9.45. The standard InChI is InChI=1S/C20H24N4O4S/c25-19(12-13-21-20(26)23-16-6-2-1-3-7-16)22-17-8-10-18(11-9-17)29(27,28)24-14-4-5-15-24/h1-3,6-11H,4-5,12-15H2,(H,22,25)(H2,21,23,26). The lowest BCUT2D eigenvalue weighted by atomic mass is 10.3. The number of amides is 3. The topological polar surface area (TPSA) is 108 Å². The Morgan fingerprint density at radius 3 is 2.14 bits per heavy atom. The number of hydrogen-bond donors (Lipinski definition) is 3. The van der Waals surface area contributed by atoms with Gasteiger partial charge in [-0.1, -0.05) is 18.2 Å². The zero-order valence-electron chi connectivity index (χ0n) is 15.9. The molecule has 0 atom stereocenters. The molecule has 0 unspecified atom stereocenters. The van der Waals surface area contributed by atoms with Crippen LogP contribution in [0.3, 0.4) is 0 Å². The predicted octanol–water partition coefficient (Wildman–Crippen LogP) is 2.62. The third-order valence-electron chi connectivity index (χ3n) is 4.51. The van der Waals surface area contributed by atoms with E-state index in [0.29, 0.717) is 24.5 Å². The molecular weight excluding hydrogens is 392 g/mol. The van der Waals surface area contributed by atoms with Crippen LogP contribution in [0.2, 0.25) is 0 Å². The van der Waals surface area contributed by atoms with Gasteiger partial charge in [0.15, 0.2) is 0 Å². The molecule has 3 rings (SSSR count). The molecule has 8 nitrogen and oxygen atoms in total. The van der Waals surface area contributed by atoms with Gasteiger partial charge < -0.3 is 16.0 Å². The van der Waals surface area contributed by atoms with Crippen LogP contribution in [0, 0.1) is 0 Å². The summed E-state index contributed by atoms with van der Waals surface area (Å²) in [5, 5.41) is 7.97. The quantitative estimate of drug-likeness (QED) is 0.645. The van der Waals surface area contributed by atoms with Crippen molar-refractivity contribution in [1.29, 1.82) is 0 Å². The molecule has 2 aromatic carbocycles. The third-order valence-corrected chi connectivity index (χ3v) is 6.42. The molecule has 0 aliphatic carbocycles. The maximum absolute atomic E-state index is 12.5. The van der Waals surface area contributed by atoms with Crippen molar-refractivity contribution in [1.82, 2.24) is 9.62 Å². The van der Waals surface area contributed by atoms with Gasteiger partial charge in [0, 0.05) is 37.4 Å². The Balaban J connectivity index is 1.44. The molecule has 1 saturated heterocycles. The Labute approximate surface area is 170 Å². The average Bonchev–Trinajstić information content (AvgIpc) is 3.25. The van der Waals surface area contributed by atoms with Crippen LogP contribution in [-0.2, 0) is 14.8 Å². The summed E-state index contributed by atoms with van der Waals surface area (Å²) in [6.07, 6.45) is 1.85. The number of rotatable bonds is 7. The van der Waals surface area contributed by atoms with Crippen LogP contribution in [0.1, 0.15) is 19.3 Å². The number of carbonyl (C=O) groups is 2. The first kappa shape index (κ1) is 20.8. The highest BCUT2D eigenvalue weighted by molar-refractivity contribution is 7.89. The van der Waals surface area contributed by atoms with Crippen molar-refractivity contribution in [2.75, 3.05) is 30.3 Å². The summed E-state index contributed by atoms with van der Waals surface area (Å²) in [5.41, 5.74) is 1.17. The van der Waals surface area contributed by atoms with E-state index in [1.165, 1.54) is 16.4 Å². The van der Waals surface area contributed by atoms with E-state index in [1.54, 1.807) is 24.3 Å². The molecule has 0 radical (unpaired) electrons. The number of urea groups is 1. The lowest BCUT2D eigenvalue weighted by molar-refractivity contribution is -0.116. The highest BCUT2D eigenvalue weighted by atomic mass is 32.2. The van der Waals surface area contributed by atoms with Crippen LogP contribution in [0.15, 0.2) is 59.5 Å². The smallest absolute Gasteiger partial charge is 0.319 e. The minimum Gasteiger partial charge on any atom is -0.337 e. The van der Waals surface area contributed by atoms with Crippen LogP contribution in [-0.4, -0.2) is 44.3 Å². The largest absolute Gasteiger partial charge is 0.337 e. The summed E-state index contributed by atoms with van der Waals surface area (Å²) < 4.78 is 26.5. The Kier molecular flexibility index (Phi) is 6.84. The number of carbonyl (C=O) groups excluding carboxylic acids is 2. The number of nitrogens with zero attached hydrogens (tertiary/aromatic N) is 1. The molecule has 1 aliphatic rings. The Morgan fingerprint density at radius 1 is 0.862 bits per heavy atom. The van der Waals surface area contributed by atoms with Crippen molar-refractivity contribution in [2.45, 2.75) is 24.2 Å². The van der Waals surface area contributed by atoms with Crippen molar-refractivity contribution in [3.63, 3.8) is 0 Å². The molecule has 0 saturated carbocycles. The van der Waals surface area contributed by atoms with E-state index >= 15 is 0 Å². The maximum atomic E-state index is 12.5. The molecule has 1 fully saturated rings. The van der Waals surface area contributed by atoms with E-state index in [4.69, 9.17) is 0 Å². The number of para-hydroxylation sites is 1. The molecule has 3 N–H and O–H groups in total. The van der Waals surface area contributed by atoms with E-state index in [2.05, 4.69) is 16.0 Å². The summed E-state index contributed by atoms with van der Waals surface area (Å²) in [4.78, 5) is 24.0. The van der Waals surface area contributed by atoms with Gasteiger partial charge in [-0.2, -0.15) is 4.31 Å². The molecule has 0 aromatic heterocycles. The van der Waals surface area contributed by atoms with Gasteiger partial charge in [-0.3, -0.25) is 4.79 Å². The van der Waals surface area contributed by atoms with Crippen LogP contribution in [0.5, 0.6) is 0 Å².